The highest BCUT2D eigenvalue weighted by molar-refractivity contribution is 5.37. The van der Waals surface area contributed by atoms with Gasteiger partial charge in [0.05, 0.1) is 6.10 Å². The van der Waals surface area contributed by atoms with Crippen LogP contribution in [0.3, 0.4) is 0 Å². The van der Waals surface area contributed by atoms with Gasteiger partial charge in [-0.1, -0.05) is 32.1 Å². The molecule has 6 heteroatoms. The fourth-order valence-corrected chi connectivity index (χ4v) is 6.70. The van der Waals surface area contributed by atoms with Gasteiger partial charge in [-0.3, -0.25) is 4.90 Å². The van der Waals surface area contributed by atoms with E-state index in [9.17, 15) is 0 Å². The molecule has 0 N–H and O–H groups in total. The zero-order chi connectivity index (χ0) is 26.0. The molecule has 0 saturated carbocycles. The van der Waals surface area contributed by atoms with Gasteiger partial charge in [-0.05, 0) is 104 Å². The Morgan fingerprint density at radius 1 is 0.784 bits per heavy atom. The summed E-state index contributed by atoms with van der Waals surface area (Å²) in [5.74, 6) is 1.60. The van der Waals surface area contributed by atoms with Crippen LogP contribution in [0.25, 0.3) is 0 Å². The summed E-state index contributed by atoms with van der Waals surface area (Å²) in [6, 6.07) is 1.82. The molecule has 4 rings (SSSR count). The normalized spacial score (nSPS) is 23.9. The summed E-state index contributed by atoms with van der Waals surface area (Å²) >= 11 is 0. The molecule has 210 valence electrons. The quantitative estimate of drug-likeness (QED) is 0.274. The van der Waals surface area contributed by atoms with Crippen molar-refractivity contribution in [3.8, 4) is 0 Å². The summed E-state index contributed by atoms with van der Waals surface area (Å²) < 4.78 is 5.63. The van der Waals surface area contributed by atoms with E-state index in [2.05, 4.69) is 54.8 Å². The molecule has 1 aromatic rings. The molecule has 1 aromatic heterocycles. The minimum atomic E-state index is 0.375. The number of unbranched alkanes of at least 4 members (excludes halogenated alkanes) is 6. The van der Waals surface area contributed by atoms with Gasteiger partial charge >= 0.3 is 0 Å². The molecule has 37 heavy (non-hydrogen) atoms. The summed E-state index contributed by atoms with van der Waals surface area (Å²) in [6.07, 6.45) is 20.4. The van der Waals surface area contributed by atoms with Crippen molar-refractivity contribution in [3.63, 3.8) is 0 Å². The molecule has 3 aliphatic heterocycles. The maximum Gasteiger partial charge on any atom is 0.225 e. The molecule has 4 heterocycles. The van der Waals surface area contributed by atoms with Crippen molar-refractivity contribution in [3.05, 3.63) is 18.0 Å². The van der Waals surface area contributed by atoms with Gasteiger partial charge in [-0.15, -0.1) is 0 Å². The zero-order valence-electron chi connectivity index (χ0n) is 24.4. The lowest BCUT2D eigenvalue weighted by molar-refractivity contribution is 0.0756. The molecule has 3 fully saturated rings. The number of anilines is 1. The van der Waals surface area contributed by atoms with Gasteiger partial charge in [0.25, 0.3) is 0 Å². The summed E-state index contributed by atoms with van der Waals surface area (Å²) in [4.78, 5) is 17.8. The highest BCUT2D eigenvalue weighted by Gasteiger charge is 2.39. The van der Waals surface area contributed by atoms with Crippen molar-refractivity contribution >= 4 is 5.95 Å². The molecule has 0 amide bonds. The van der Waals surface area contributed by atoms with Crippen LogP contribution in [0.5, 0.6) is 0 Å². The Labute approximate surface area is 227 Å². The molecule has 2 atom stereocenters. The molecule has 0 aliphatic carbocycles. The lowest BCUT2D eigenvalue weighted by Crippen LogP contribution is -2.42. The van der Waals surface area contributed by atoms with E-state index in [4.69, 9.17) is 14.7 Å². The fraction of sp³-hybridized carbons (Fsp3) is 0.871. The Morgan fingerprint density at radius 3 is 2.11 bits per heavy atom. The van der Waals surface area contributed by atoms with Crippen LogP contribution >= 0.6 is 0 Å². The second-order valence-corrected chi connectivity index (χ2v) is 12.5. The first kappa shape index (κ1) is 28.8. The van der Waals surface area contributed by atoms with Gasteiger partial charge in [-0.25, -0.2) is 9.97 Å². The van der Waals surface area contributed by atoms with Crippen molar-refractivity contribution < 1.29 is 4.74 Å². The van der Waals surface area contributed by atoms with Crippen molar-refractivity contribution in [2.45, 2.75) is 135 Å². The summed E-state index contributed by atoms with van der Waals surface area (Å²) in [6.45, 7) is 15.9. The van der Waals surface area contributed by atoms with E-state index in [1.165, 1.54) is 109 Å². The molecule has 0 spiro atoms. The minimum Gasteiger partial charge on any atom is -0.379 e. The van der Waals surface area contributed by atoms with Gasteiger partial charge in [-0.2, -0.15) is 0 Å². The topological polar surface area (TPSA) is 44.7 Å². The summed E-state index contributed by atoms with van der Waals surface area (Å²) in [5.41, 5.74) is 1.35. The van der Waals surface area contributed by atoms with Crippen LogP contribution in [0.1, 0.15) is 116 Å². The molecular weight excluding hydrogens is 458 g/mol. The Kier molecular flexibility index (Phi) is 11.5. The van der Waals surface area contributed by atoms with Crippen LogP contribution in [-0.2, 0) is 4.74 Å². The number of fused-ring (bicyclic) bond motifs is 2. The van der Waals surface area contributed by atoms with E-state index < -0.39 is 0 Å². The zero-order valence-corrected chi connectivity index (χ0v) is 24.4. The SMILES string of the molecule is CC(C)OCCCCCCCCCN1CCC(c2cnc(N3C4CCC3CN(C(C)C)CC4)nc2)CC1. The first-order valence-corrected chi connectivity index (χ1v) is 15.7. The van der Waals surface area contributed by atoms with Crippen molar-refractivity contribution in [1.82, 2.24) is 19.8 Å². The Balaban J connectivity index is 1.11. The smallest absolute Gasteiger partial charge is 0.225 e. The lowest BCUT2D eigenvalue weighted by atomic mass is 9.91. The van der Waals surface area contributed by atoms with Crippen molar-refractivity contribution in [2.75, 3.05) is 44.2 Å². The molecule has 6 nitrogen and oxygen atoms in total. The third kappa shape index (κ3) is 8.63. The molecule has 3 aliphatic rings. The average molecular weight is 514 g/mol. The van der Waals surface area contributed by atoms with E-state index in [1.54, 1.807) is 0 Å². The lowest BCUT2D eigenvalue weighted by Gasteiger charge is -2.32. The average Bonchev–Trinajstić information content (AvgIpc) is 3.18. The maximum absolute atomic E-state index is 5.63. The Morgan fingerprint density at radius 2 is 1.43 bits per heavy atom. The van der Waals surface area contributed by atoms with Gasteiger partial charge in [0.2, 0.25) is 5.95 Å². The van der Waals surface area contributed by atoms with Crippen molar-refractivity contribution in [2.24, 2.45) is 0 Å². The van der Waals surface area contributed by atoms with Crippen LogP contribution in [-0.4, -0.2) is 83.3 Å². The van der Waals surface area contributed by atoms with Crippen LogP contribution in [0.2, 0.25) is 0 Å². The Bertz CT molecular complexity index is 761. The predicted molar refractivity (Wildman–Crippen MR) is 154 cm³/mol. The first-order valence-electron chi connectivity index (χ1n) is 15.7. The van der Waals surface area contributed by atoms with E-state index in [0.717, 1.165) is 19.1 Å². The number of ether oxygens (including phenoxy) is 1. The number of hydrogen-bond donors (Lipinski definition) is 0. The van der Waals surface area contributed by atoms with E-state index in [1.807, 2.05) is 0 Å². The second kappa shape index (κ2) is 14.8. The number of likely N-dealkylation sites (tertiary alicyclic amines) is 2. The molecule has 2 unspecified atom stereocenters. The van der Waals surface area contributed by atoms with E-state index in [-0.39, 0.29) is 0 Å². The largest absolute Gasteiger partial charge is 0.379 e. The number of rotatable bonds is 14. The molecule has 0 radical (unpaired) electrons. The van der Waals surface area contributed by atoms with E-state index >= 15 is 0 Å². The van der Waals surface area contributed by atoms with Gasteiger partial charge < -0.3 is 14.5 Å². The number of aromatic nitrogens is 2. The van der Waals surface area contributed by atoms with Gasteiger partial charge in [0.1, 0.15) is 0 Å². The highest BCUT2D eigenvalue weighted by Crippen LogP contribution is 2.34. The first-order chi connectivity index (χ1) is 18.0. The number of piperidine rings is 1. The van der Waals surface area contributed by atoms with Crippen LogP contribution < -0.4 is 4.90 Å². The molecule has 2 bridgehead atoms. The van der Waals surface area contributed by atoms with Crippen LogP contribution in [0.4, 0.5) is 5.95 Å². The number of nitrogens with zero attached hydrogens (tertiary/aromatic N) is 5. The molecule has 3 saturated heterocycles. The second-order valence-electron chi connectivity index (χ2n) is 12.5. The standard InChI is InChI=1S/C31H55N5O/c1-25(2)35-20-16-29-12-13-30(24-35)36(29)31-32-22-28(23-33-31)27-14-18-34(19-15-27)17-10-8-6-5-7-9-11-21-37-26(3)4/h22-23,25-27,29-30H,5-21,24H2,1-4H3. The monoisotopic (exact) mass is 513 g/mol. The van der Waals surface area contributed by atoms with E-state index in [0.29, 0.717) is 30.1 Å². The fourth-order valence-electron chi connectivity index (χ4n) is 6.70. The summed E-state index contributed by atoms with van der Waals surface area (Å²) in [7, 11) is 0. The van der Waals surface area contributed by atoms with Crippen LogP contribution in [0.15, 0.2) is 12.4 Å². The molecule has 0 aromatic carbocycles. The van der Waals surface area contributed by atoms with Crippen molar-refractivity contribution in [1.29, 1.82) is 0 Å². The Hall–Kier alpha value is -1.24. The number of hydrogen-bond acceptors (Lipinski definition) is 6. The third-order valence-electron chi connectivity index (χ3n) is 9.06. The predicted octanol–water partition coefficient (Wildman–Crippen LogP) is 6.26. The minimum absolute atomic E-state index is 0.375. The summed E-state index contributed by atoms with van der Waals surface area (Å²) in [5, 5.41) is 0. The third-order valence-corrected chi connectivity index (χ3v) is 9.06. The van der Waals surface area contributed by atoms with Gasteiger partial charge in [0, 0.05) is 50.2 Å². The maximum atomic E-state index is 5.63. The van der Waals surface area contributed by atoms with Crippen LogP contribution in [0, 0.1) is 0 Å². The highest BCUT2D eigenvalue weighted by atomic mass is 16.5. The molecular formula is C31H55N5O. The van der Waals surface area contributed by atoms with Gasteiger partial charge in [0.15, 0.2) is 0 Å².